The smallest absolute Gasteiger partial charge is 0.268 e. The Morgan fingerprint density at radius 1 is 1.38 bits per heavy atom. The summed E-state index contributed by atoms with van der Waals surface area (Å²) in [5, 5.41) is 3.25. The van der Waals surface area contributed by atoms with Gasteiger partial charge < -0.3 is 15.6 Å². The van der Waals surface area contributed by atoms with Gasteiger partial charge in [0.05, 0.1) is 5.69 Å². The van der Waals surface area contributed by atoms with Crippen LogP contribution in [0.5, 0.6) is 0 Å². The van der Waals surface area contributed by atoms with Crippen molar-refractivity contribution in [1.29, 1.82) is 0 Å². The first-order chi connectivity index (χ1) is 10.0. The van der Waals surface area contributed by atoms with E-state index in [1.807, 2.05) is 10.8 Å². The molecule has 2 rings (SSSR count). The zero-order valence-electron chi connectivity index (χ0n) is 13.6. The maximum Gasteiger partial charge on any atom is 0.268 e. The SMILES string of the molecule is CCC(NC(=O)c1cc(N)cn1C(C)C)C1CCCCC1. The predicted molar refractivity (Wildman–Crippen MR) is 87.3 cm³/mol. The van der Waals surface area contributed by atoms with E-state index in [1.165, 1.54) is 32.1 Å². The highest BCUT2D eigenvalue weighted by Crippen LogP contribution is 2.28. The monoisotopic (exact) mass is 291 g/mol. The van der Waals surface area contributed by atoms with Gasteiger partial charge in [0, 0.05) is 18.3 Å². The lowest BCUT2D eigenvalue weighted by Gasteiger charge is -2.30. The quantitative estimate of drug-likeness (QED) is 0.868. The minimum atomic E-state index is 0.0119. The number of hydrogen-bond acceptors (Lipinski definition) is 2. The number of hydrogen-bond donors (Lipinski definition) is 2. The third-order valence-corrected chi connectivity index (χ3v) is 4.63. The van der Waals surface area contributed by atoms with E-state index in [4.69, 9.17) is 5.73 Å². The maximum absolute atomic E-state index is 12.6. The van der Waals surface area contributed by atoms with Gasteiger partial charge in [0.2, 0.25) is 0 Å². The van der Waals surface area contributed by atoms with E-state index in [9.17, 15) is 4.79 Å². The molecule has 1 aliphatic carbocycles. The molecule has 1 saturated carbocycles. The first kappa shape index (κ1) is 15.9. The normalized spacial score (nSPS) is 17.9. The summed E-state index contributed by atoms with van der Waals surface area (Å²) in [6.07, 6.45) is 9.26. The molecular weight excluding hydrogens is 262 g/mol. The van der Waals surface area contributed by atoms with Crippen LogP contribution in [-0.4, -0.2) is 16.5 Å². The van der Waals surface area contributed by atoms with Crippen LogP contribution in [0.4, 0.5) is 5.69 Å². The van der Waals surface area contributed by atoms with Gasteiger partial charge in [-0.05, 0) is 45.1 Å². The van der Waals surface area contributed by atoms with Crippen molar-refractivity contribution in [2.75, 3.05) is 5.73 Å². The summed E-state index contributed by atoms with van der Waals surface area (Å²) in [7, 11) is 0. The number of anilines is 1. The zero-order chi connectivity index (χ0) is 15.4. The molecule has 0 spiro atoms. The Morgan fingerprint density at radius 3 is 2.62 bits per heavy atom. The van der Waals surface area contributed by atoms with Gasteiger partial charge in [-0.15, -0.1) is 0 Å². The molecule has 1 fully saturated rings. The van der Waals surface area contributed by atoms with Crippen molar-refractivity contribution in [3.05, 3.63) is 18.0 Å². The van der Waals surface area contributed by atoms with Crippen molar-refractivity contribution < 1.29 is 4.79 Å². The largest absolute Gasteiger partial charge is 0.397 e. The average Bonchev–Trinajstić information content (AvgIpc) is 2.88. The first-order valence-electron chi connectivity index (χ1n) is 8.31. The molecule has 3 N–H and O–H groups in total. The molecule has 1 aliphatic rings. The van der Waals surface area contributed by atoms with Gasteiger partial charge in [0.25, 0.3) is 5.91 Å². The van der Waals surface area contributed by atoms with E-state index >= 15 is 0 Å². The van der Waals surface area contributed by atoms with Crippen LogP contribution in [0.3, 0.4) is 0 Å². The van der Waals surface area contributed by atoms with E-state index < -0.39 is 0 Å². The summed E-state index contributed by atoms with van der Waals surface area (Å²) in [6, 6.07) is 2.30. The van der Waals surface area contributed by atoms with Gasteiger partial charge in [-0.3, -0.25) is 4.79 Å². The van der Waals surface area contributed by atoms with Crippen molar-refractivity contribution in [3.63, 3.8) is 0 Å². The molecule has 1 unspecified atom stereocenters. The number of nitrogens with one attached hydrogen (secondary N) is 1. The molecule has 4 heteroatoms. The number of carbonyl (C=O) groups excluding carboxylic acids is 1. The Kier molecular flexibility index (Phi) is 5.32. The Bertz CT molecular complexity index is 472. The van der Waals surface area contributed by atoms with Gasteiger partial charge in [0.15, 0.2) is 0 Å². The molecule has 0 aliphatic heterocycles. The summed E-state index contributed by atoms with van der Waals surface area (Å²) < 4.78 is 1.96. The molecule has 1 heterocycles. The van der Waals surface area contributed by atoms with Gasteiger partial charge in [0.1, 0.15) is 5.69 Å². The number of carbonyl (C=O) groups is 1. The summed E-state index contributed by atoms with van der Waals surface area (Å²) >= 11 is 0. The number of aromatic nitrogens is 1. The predicted octanol–water partition coefficient (Wildman–Crippen LogP) is 3.74. The van der Waals surface area contributed by atoms with Crippen LogP contribution in [-0.2, 0) is 0 Å². The fourth-order valence-electron chi connectivity index (χ4n) is 3.44. The fraction of sp³-hybridized carbons (Fsp3) is 0.706. The minimum absolute atomic E-state index is 0.0119. The van der Waals surface area contributed by atoms with E-state index in [-0.39, 0.29) is 18.0 Å². The standard InChI is InChI=1S/C17H29N3O/c1-4-15(13-8-6-5-7-9-13)19-17(21)16-10-14(18)11-20(16)12(2)3/h10-13,15H,4-9,18H2,1-3H3,(H,19,21). The molecule has 0 aromatic carbocycles. The van der Waals surface area contributed by atoms with Gasteiger partial charge in [-0.1, -0.05) is 26.2 Å². The van der Waals surface area contributed by atoms with Crippen LogP contribution in [0.2, 0.25) is 0 Å². The number of nitrogens with two attached hydrogens (primary N) is 1. The average molecular weight is 291 g/mol. The lowest BCUT2D eigenvalue weighted by molar-refractivity contribution is 0.0900. The summed E-state index contributed by atoms with van der Waals surface area (Å²) in [5.41, 5.74) is 7.19. The Morgan fingerprint density at radius 2 is 2.05 bits per heavy atom. The summed E-state index contributed by atoms with van der Waals surface area (Å²) in [5.74, 6) is 0.644. The molecule has 0 radical (unpaired) electrons. The van der Waals surface area contributed by atoms with Crippen LogP contribution in [0.1, 0.15) is 75.8 Å². The third-order valence-electron chi connectivity index (χ3n) is 4.63. The van der Waals surface area contributed by atoms with Gasteiger partial charge in [-0.25, -0.2) is 0 Å². The highest BCUT2D eigenvalue weighted by molar-refractivity contribution is 5.94. The van der Waals surface area contributed by atoms with E-state index in [2.05, 4.69) is 26.1 Å². The van der Waals surface area contributed by atoms with Crippen LogP contribution in [0.25, 0.3) is 0 Å². The second-order valence-corrected chi connectivity index (χ2v) is 6.55. The Labute approximate surface area is 128 Å². The van der Waals surface area contributed by atoms with E-state index in [1.54, 1.807) is 6.07 Å². The topological polar surface area (TPSA) is 60.1 Å². The van der Waals surface area contributed by atoms with Crippen LogP contribution in [0, 0.1) is 5.92 Å². The third kappa shape index (κ3) is 3.80. The Hall–Kier alpha value is -1.45. The molecule has 1 aromatic rings. The molecule has 1 atom stereocenters. The van der Waals surface area contributed by atoms with Crippen molar-refractivity contribution in [3.8, 4) is 0 Å². The first-order valence-corrected chi connectivity index (χ1v) is 8.31. The molecule has 1 aromatic heterocycles. The lowest BCUT2D eigenvalue weighted by atomic mass is 9.83. The van der Waals surface area contributed by atoms with Crippen molar-refractivity contribution in [1.82, 2.24) is 9.88 Å². The van der Waals surface area contributed by atoms with E-state index in [0.717, 1.165) is 6.42 Å². The van der Waals surface area contributed by atoms with E-state index in [0.29, 0.717) is 17.3 Å². The maximum atomic E-state index is 12.6. The molecule has 1 amide bonds. The number of amides is 1. The second kappa shape index (κ2) is 7.01. The molecule has 0 saturated heterocycles. The number of nitrogens with zero attached hydrogens (tertiary/aromatic N) is 1. The summed E-state index contributed by atoms with van der Waals surface area (Å²) in [6.45, 7) is 6.29. The fourth-order valence-corrected chi connectivity index (χ4v) is 3.44. The molecular formula is C17H29N3O. The highest BCUT2D eigenvalue weighted by Gasteiger charge is 2.25. The molecule has 21 heavy (non-hydrogen) atoms. The van der Waals surface area contributed by atoms with Crippen LogP contribution < -0.4 is 11.1 Å². The molecule has 118 valence electrons. The van der Waals surface area contributed by atoms with Crippen molar-refractivity contribution in [2.45, 2.75) is 71.4 Å². The van der Waals surface area contributed by atoms with Crippen molar-refractivity contribution in [2.24, 2.45) is 5.92 Å². The number of nitrogen functional groups attached to an aromatic ring is 1. The van der Waals surface area contributed by atoms with Crippen LogP contribution in [0.15, 0.2) is 12.3 Å². The molecule has 4 nitrogen and oxygen atoms in total. The minimum Gasteiger partial charge on any atom is -0.397 e. The zero-order valence-corrected chi connectivity index (χ0v) is 13.6. The lowest BCUT2D eigenvalue weighted by Crippen LogP contribution is -2.41. The second-order valence-electron chi connectivity index (χ2n) is 6.55. The number of rotatable bonds is 5. The summed E-state index contributed by atoms with van der Waals surface area (Å²) in [4.78, 5) is 12.6. The molecule has 0 bridgehead atoms. The highest BCUT2D eigenvalue weighted by atomic mass is 16.2. The van der Waals surface area contributed by atoms with Gasteiger partial charge >= 0.3 is 0 Å². The van der Waals surface area contributed by atoms with Gasteiger partial charge in [-0.2, -0.15) is 0 Å². The Balaban J connectivity index is 2.08. The van der Waals surface area contributed by atoms with Crippen LogP contribution >= 0.6 is 0 Å². The van der Waals surface area contributed by atoms with Crippen molar-refractivity contribution >= 4 is 11.6 Å².